The Bertz CT molecular complexity index is 390. The summed E-state index contributed by atoms with van der Waals surface area (Å²) in [6, 6.07) is 4.94. The van der Waals surface area contributed by atoms with Gasteiger partial charge in [-0.05, 0) is 32.0 Å². The fourth-order valence-electron chi connectivity index (χ4n) is 2.63. The van der Waals surface area contributed by atoms with E-state index >= 15 is 0 Å². The molecule has 1 aromatic rings. The molecular formula is C15H26N4. The van der Waals surface area contributed by atoms with Crippen molar-refractivity contribution in [3.05, 3.63) is 24.0 Å². The Hall–Kier alpha value is -1.13. The maximum Gasteiger partial charge on any atom is 0.0572 e. The molecule has 0 saturated carbocycles. The van der Waals surface area contributed by atoms with E-state index in [4.69, 9.17) is 5.73 Å². The summed E-state index contributed by atoms with van der Waals surface area (Å²) in [5.74, 6) is 0. The molecule has 19 heavy (non-hydrogen) atoms. The van der Waals surface area contributed by atoms with Gasteiger partial charge in [0.15, 0.2) is 0 Å². The minimum Gasteiger partial charge on any atom is -0.367 e. The second-order valence-electron chi connectivity index (χ2n) is 5.44. The van der Waals surface area contributed by atoms with Crippen LogP contribution in [0.2, 0.25) is 0 Å². The molecule has 0 spiro atoms. The molecular weight excluding hydrogens is 236 g/mol. The van der Waals surface area contributed by atoms with Gasteiger partial charge in [-0.15, -0.1) is 0 Å². The number of anilines is 1. The number of hydrogen-bond donors (Lipinski definition) is 1. The van der Waals surface area contributed by atoms with Crippen molar-refractivity contribution in [2.45, 2.75) is 38.8 Å². The molecule has 1 saturated heterocycles. The van der Waals surface area contributed by atoms with Crippen molar-refractivity contribution in [2.24, 2.45) is 5.73 Å². The molecule has 2 N–H and O–H groups in total. The van der Waals surface area contributed by atoms with Gasteiger partial charge in [-0.3, -0.25) is 9.88 Å². The van der Waals surface area contributed by atoms with Gasteiger partial charge in [0.2, 0.25) is 0 Å². The standard InChI is InChI=1S/C15H26N4/c1-4-12-11-19(9-8-18(12)3)13-6-7-15(17-10-13)14(16)5-2/h6-7,10,12,14H,4-5,8-9,11,16H2,1-3H3. The third-order valence-corrected chi connectivity index (χ3v) is 4.20. The predicted molar refractivity (Wildman–Crippen MR) is 80.4 cm³/mol. The number of aromatic nitrogens is 1. The fourth-order valence-corrected chi connectivity index (χ4v) is 2.63. The van der Waals surface area contributed by atoms with Crippen molar-refractivity contribution in [1.29, 1.82) is 0 Å². The summed E-state index contributed by atoms with van der Waals surface area (Å²) in [4.78, 5) is 9.40. The van der Waals surface area contributed by atoms with Gasteiger partial charge in [-0.2, -0.15) is 0 Å². The van der Waals surface area contributed by atoms with Gasteiger partial charge in [0.05, 0.1) is 17.6 Å². The Morgan fingerprint density at radius 2 is 2.16 bits per heavy atom. The van der Waals surface area contributed by atoms with E-state index in [-0.39, 0.29) is 6.04 Å². The molecule has 1 aliphatic rings. The van der Waals surface area contributed by atoms with E-state index in [1.54, 1.807) is 0 Å². The molecule has 0 radical (unpaired) electrons. The Morgan fingerprint density at radius 1 is 1.37 bits per heavy atom. The third-order valence-electron chi connectivity index (χ3n) is 4.20. The number of nitrogens with zero attached hydrogens (tertiary/aromatic N) is 3. The lowest BCUT2D eigenvalue weighted by molar-refractivity contribution is 0.213. The first-order chi connectivity index (χ1) is 9.15. The van der Waals surface area contributed by atoms with Crippen molar-refractivity contribution in [1.82, 2.24) is 9.88 Å². The molecule has 106 valence electrons. The normalized spacial score (nSPS) is 22.5. The lowest BCUT2D eigenvalue weighted by Crippen LogP contribution is -2.51. The molecule has 2 atom stereocenters. The highest BCUT2D eigenvalue weighted by molar-refractivity contribution is 5.45. The Morgan fingerprint density at radius 3 is 2.74 bits per heavy atom. The van der Waals surface area contributed by atoms with Crippen LogP contribution in [-0.2, 0) is 0 Å². The average Bonchev–Trinajstić information content (AvgIpc) is 2.47. The lowest BCUT2D eigenvalue weighted by Gasteiger charge is -2.40. The second kappa shape index (κ2) is 6.35. The number of likely N-dealkylation sites (N-methyl/N-ethyl adjacent to an activating group) is 1. The van der Waals surface area contributed by atoms with Crippen LogP contribution in [0.15, 0.2) is 18.3 Å². The number of nitrogens with two attached hydrogens (primary N) is 1. The van der Waals surface area contributed by atoms with Crippen LogP contribution in [0, 0.1) is 0 Å². The monoisotopic (exact) mass is 262 g/mol. The van der Waals surface area contributed by atoms with Crippen LogP contribution in [0.25, 0.3) is 0 Å². The van der Waals surface area contributed by atoms with Crippen LogP contribution in [0.5, 0.6) is 0 Å². The molecule has 2 unspecified atom stereocenters. The Balaban J connectivity index is 2.06. The SMILES string of the molecule is CCC(N)c1ccc(N2CCN(C)C(CC)C2)cn1. The summed E-state index contributed by atoms with van der Waals surface area (Å²) in [6.45, 7) is 7.63. The molecule has 4 nitrogen and oxygen atoms in total. The van der Waals surface area contributed by atoms with Gasteiger partial charge in [-0.25, -0.2) is 0 Å². The first-order valence-electron chi connectivity index (χ1n) is 7.32. The molecule has 1 aliphatic heterocycles. The Kier molecular flexibility index (Phi) is 4.77. The van der Waals surface area contributed by atoms with E-state index in [9.17, 15) is 0 Å². The quantitative estimate of drug-likeness (QED) is 0.902. The summed E-state index contributed by atoms with van der Waals surface area (Å²) < 4.78 is 0. The van der Waals surface area contributed by atoms with Gasteiger partial charge >= 0.3 is 0 Å². The maximum absolute atomic E-state index is 6.00. The van der Waals surface area contributed by atoms with E-state index in [2.05, 4.69) is 47.8 Å². The van der Waals surface area contributed by atoms with Gasteiger partial charge < -0.3 is 10.6 Å². The third kappa shape index (κ3) is 3.25. The van der Waals surface area contributed by atoms with Crippen LogP contribution < -0.4 is 10.6 Å². The average molecular weight is 262 g/mol. The van der Waals surface area contributed by atoms with Crippen molar-refractivity contribution in [3.63, 3.8) is 0 Å². The number of rotatable bonds is 4. The topological polar surface area (TPSA) is 45.4 Å². The van der Waals surface area contributed by atoms with Gasteiger partial charge in [0.1, 0.15) is 0 Å². The highest BCUT2D eigenvalue weighted by atomic mass is 15.3. The van der Waals surface area contributed by atoms with E-state index < -0.39 is 0 Å². The second-order valence-corrected chi connectivity index (χ2v) is 5.44. The van der Waals surface area contributed by atoms with Gasteiger partial charge in [0, 0.05) is 31.7 Å². The minimum atomic E-state index is 0.0601. The van der Waals surface area contributed by atoms with Gasteiger partial charge in [-0.1, -0.05) is 13.8 Å². The summed E-state index contributed by atoms with van der Waals surface area (Å²) >= 11 is 0. The van der Waals surface area contributed by atoms with Crippen LogP contribution in [-0.4, -0.2) is 42.6 Å². The smallest absolute Gasteiger partial charge is 0.0572 e. The van der Waals surface area contributed by atoms with Crippen LogP contribution in [0.4, 0.5) is 5.69 Å². The number of hydrogen-bond acceptors (Lipinski definition) is 4. The van der Waals surface area contributed by atoms with E-state index in [1.165, 1.54) is 12.1 Å². The van der Waals surface area contributed by atoms with Crippen LogP contribution in [0.3, 0.4) is 0 Å². The lowest BCUT2D eigenvalue weighted by atomic mass is 10.1. The zero-order valence-electron chi connectivity index (χ0n) is 12.3. The molecule has 2 rings (SSSR count). The predicted octanol–water partition coefficient (Wildman–Crippen LogP) is 2.02. The summed E-state index contributed by atoms with van der Waals surface area (Å²) in [5, 5.41) is 0. The molecule has 2 heterocycles. The van der Waals surface area contributed by atoms with Crippen LogP contribution >= 0.6 is 0 Å². The summed E-state index contributed by atoms with van der Waals surface area (Å²) in [5.41, 5.74) is 8.22. The zero-order valence-corrected chi connectivity index (χ0v) is 12.3. The first-order valence-corrected chi connectivity index (χ1v) is 7.32. The van der Waals surface area contributed by atoms with E-state index in [0.717, 1.165) is 31.7 Å². The summed E-state index contributed by atoms with van der Waals surface area (Å²) in [6.07, 6.45) is 4.10. The molecule has 1 aromatic heterocycles. The molecule has 1 fully saturated rings. The maximum atomic E-state index is 6.00. The highest BCUT2D eigenvalue weighted by Crippen LogP contribution is 2.20. The molecule has 0 aromatic carbocycles. The largest absolute Gasteiger partial charge is 0.367 e. The summed E-state index contributed by atoms with van der Waals surface area (Å²) in [7, 11) is 2.22. The molecule has 0 amide bonds. The fraction of sp³-hybridized carbons (Fsp3) is 0.667. The highest BCUT2D eigenvalue weighted by Gasteiger charge is 2.23. The van der Waals surface area contributed by atoms with Crippen molar-refractivity contribution in [3.8, 4) is 0 Å². The molecule has 0 aliphatic carbocycles. The van der Waals surface area contributed by atoms with Crippen molar-refractivity contribution >= 4 is 5.69 Å². The van der Waals surface area contributed by atoms with Crippen molar-refractivity contribution < 1.29 is 0 Å². The van der Waals surface area contributed by atoms with E-state index in [0.29, 0.717) is 6.04 Å². The number of pyridine rings is 1. The molecule has 0 bridgehead atoms. The van der Waals surface area contributed by atoms with Crippen molar-refractivity contribution in [2.75, 3.05) is 31.6 Å². The van der Waals surface area contributed by atoms with Crippen LogP contribution in [0.1, 0.15) is 38.4 Å². The van der Waals surface area contributed by atoms with E-state index in [1.807, 2.05) is 6.20 Å². The number of piperazine rings is 1. The molecule has 4 heteroatoms. The zero-order chi connectivity index (χ0) is 13.8. The van der Waals surface area contributed by atoms with Gasteiger partial charge in [0.25, 0.3) is 0 Å². The Labute approximate surface area is 116 Å². The first kappa shape index (κ1) is 14.3. The minimum absolute atomic E-state index is 0.0601.